The molecule has 48 valence electrons. The zero-order valence-corrected chi connectivity index (χ0v) is 5.06. The lowest BCUT2D eigenvalue weighted by Crippen LogP contribution is -2.53. The Labute approximate surface area is 48.2 Å². The molecule has 0 saturated heterocycles. The van der Waals surface area contributed by atoms with Crippen molar-refractivity contribution in [1.82, 2.24) is 5.43 Å². The first-order chi connectivity index (χ1) is 3.50. The van der Waals surface area contributed by atoms with Gasteiger partial charge in [-0.15, -0.1) is 0 Å². The summed E-state index contributed by atoms with van der Waals surface area (Å²) in [5, 5.41) is 0. The standard InChI is InChI=1S/C4H11N3O/c1-4(2,7-6)3(5)8/h7H,6H2,1-2H3,(H2,5,8). The number of carbonyl (C=O) groups is 1. The molecule has 0 aromatic heterocycles. The van der Waals surface area contributed by atoms with E-state index in [-0.39, 0.29) is 0 Å². The zero-order valence-electron chi connectivity index (χ0n) is 5.06. The van der Waals surface area contributed by atoms with Crippen LogP contribution >= 0.6 is 0 Å². The monoisotopic (exact) mass is 117 g/mol. The Hall–Kier alpha value is -0.610. The molecule has 0 atom stereocenters. The minimum absolute atomic E-state index is 0.458. The third-order valence-corrected chi connectivity index (χ3v) is 0.977. The van der Waals surface area contributed by atoms with Crippen molar-refractivity contribution in [2.24, 2.45) is 11.6 Å². The molecule has 0 aliphatic rings. The summed E-state index contributed by atoms with van der Waals surface area (Å²) in [6, 6.07) is 0. The molecule has 0 bridgehead atoms. The maximum absolute atomic E-state index is 10.3. The van der Waals surface area contributed by atoms with Crippen LogP contribution in [0.2, 0.25) is 0 Å². The van der Waals surface area contributed by atoms with Crippen LogP contribution in [-0.4, -0.2) is 11.4 Å². The average Bonchev–Trinajstić information content (AvgIpc) is 1.67. The lowest BCUT2D eigenvalue weighted by atomic mass is 10.1. The summed E-state index contributed by atoms with van der Waals surface area (Å²) >= 11 is 0. The smallest absolute Gasteiger partial charge is 0.238 e. The fourth-order valence-corrected chi connectivity index (χ4v) is 0.0711. The van der Waals surface area contributed by atoms with E-state index >= 15 is 0 Å². The van der Waals surface area contributed by atoms with Gasteiger partial charge in [0.25, 0.3) is 0 Å². The van der Waals surface area contributed by atoms with Crippen LogP contribution in [0.1, 0.15) is 13.8 Å². The summed E-state index contributed by atoms with van der Waals surface area (Å²) in [4.78, 5) is 10.3. The molecule has 0 rings (SSSR count). The quantitative estimate of drug-likeness (QED) is 0.311. The number of hydrazine groups is 1. The number of nitrogens with one attached hydrogen (secondary N) is 1. The van der Waals surface area contributed by atoms with Gasteiger partial charge < -0.3 is 5.73 Å². The Balaban J connectivity index is 3.91. The van der Waals surface area contributed by atoms with Gasteiger partial charge in [0, 0.05) is 0 Å². The number of hydrogen-bond acceptors (Lipinski definition) is 3. The Morgan fingerprint density at radius 2 is 2.00 bits per heavy atom. The zero-order chi connectivity index (χ0) is 6.78. The lowest BCUT2D eigenvalue weighted by molar-refractivity contribution is -0.123. The van der Waals surface area contributed by atoms with Crippen molar-refractivity contribution >= 4 is 5.91 Å². The summed E-state index contributed by atoms with van der Waals surface area (Å²) in [6.45, 7) is 3.21. The number of rotatable bonds is 2. The fraction of sp³-hybridized carbons (Fsp3) is 0.750. The Kier molecular flexibility index (Phi) is 1.94. The Morgan fingerprint density at radius 1 is 1.62 bits per heavy atom. The van der Waals surface area contributed by atoms with E-state index in [0.29, 0.717) is 0 Å². The molecule has 5 N–H and O–H groups in total. The molecule has 0 aliphatic heterocycles. The first-order valence-corrected chi connectivity index (χ1v) is 2.28. The SMILES string of the molecule is CC(C)(NN)C(N)=O. The van der Waals surface area contributed by atoms with Crippen molar-refractivity contribution in [3.63, 3.8) is 0 Å². The van der Waals surface area contributed by atoms with Crippen molar-refractivity contribution in [1.29, 1.82) is 0 Å². The molecule has 0 aromatic rings. The molecule has 8 heavy (non-hydrogen) atoms. The third kappa shape index (κ3) is 1.48. The topological polar surface area (TPSA) is 81.1 Å². The minimum atomic E-state index is -0.792. The van der Waals surface area contributed by atoms with Gasteiger partial charge in [0.2, 0.25) is 5.91 Å². The number of hydrogen-bond donors (Lipinski definition) is 3. The molecule has 0 fully saturated rings. The summed E-state index contributed by atoms with van der Waals surface area (Å²) < 4.78 is 0. The molecule has 4 nitrogen and oxygen atoms in total. The first-order valence-electron chi connectivity index (χ1n) is 2.28. The van der Waals surface area contributed by atoms with E-state index in [1.807, 2.05) is 0 Å². The predicted octanol–water partition coefficient (Wildman–Crippen LogP) is -1.29. The van der Waals surface area contributed by atoms with Crippen LogP contribution in [0.3, 0.4) is 0 Å². The highest BCUT2D eigenvalue weighted by molar-refractivity contribution is 5.83. The largest absolute Gasteiger partial charge is 0.368 e. The van der Waals surface area contributed by atoms with Crippen molar-refractivity contribution in [2.45, 2.75) is 19.4 Å². The second kappa shape index (κ2) is 2.11. The minimum Gasteiger partial charge on any atom is -0.368 e. The highest BCUT2D eigenvalue weighted by Gasteiger charge is 2.21. The maximum atomic E-state index is 10.3. The Morgan fingerprint density at radius 3 is 2.00 bits per heavy atom. The highest BCUT2D eigenvalue weighted by atomic mass is 16.1. The maximum Gasteiger partial charge on any atom is 0.238 e. The summed E-state index contributed by atoms with van der Waals surface area (Å²) in [5.41, 5.74) is 6.37. The van der Waals surface area contributed by atoms with Gasteiger partial charge in [-0.3, -0.25) is 10.6 Å². The summed E-state index contributed by atoms with van der Waals surface area (Å²) in [5.74, 6) is 4.50. The van der Waals surface area contributed by atoms with Gasteiger partial charge >= 0.3 is 0 Å². The number of carbonyl (C=O) groups excluding carboxylic acids is 1. The summed E-state index contributed by atoms with van der Waals surface area (Å²) in [7, 11) is 0. The molecule has 4 heteroatoms. The number of primary amides is 1. The van der Waals surface area contributed by atoms with E-state index in [4.69, 9.17) is 11.6 Å². The molecule has 0 aromatic carbocycles. The van der Waals surface area contributed by atoms with Gasteiger partial charge in [-0.1, -0.05) is 0 Å². The van der Waals surface area contributed by atoms with E-state index in [1.54, 1.807) is 13.8 Å². The van der Waals surface area contributed by atoms with Gasteiger partial charge in [0.1, 0.15) is 5.54 Å². The van der Waals surface area contributed by atoms with Gasteiger partial charge in [0.05, 0.1) is 0 Å². The van der Waals surface area contributed by atoms with Crippen LogP contribution in [0.4, 0.5) is 0 Å². The normalized spacial score (nSPS) is 11.4. The highest BCUT2D eigenvalue weighted by Crippen LogP contribution is 1.95. The fourth-order valence-electron chi connectivity index (χ4n) is 0.0711. The predicted molar refractivity (Wildman–Crippen MR) is 30.6 cm³/mol. The summed E-state index contributed by atoms with van der Waals surface area (Å²) in [6.07, 6.45) is 0. The van der Waals surface area contributed by atoms with Gasteiger partial charge in [0.15, 0.2) is 0 Å². The van der Waals surface area contributed by atoms with Gasteiger partial charge in [-0.25, -0.2) is 5.43 Å². The second-order valence-corrected chi connectivity index (χ2v) is 2.13. The van der Waals surface area contributed by atoms with Crippen molar-refractivity contribution in [3.05, 3.63) is 0 Å². The number of nitrogens with two attached hydrogens (primary N) is 2. The van der Waals surface area contributed by atoms with Crippen LogP contribution in [0.15, 0.2) is 0 Å². The molecule has 0 heterocycles. The third-order valence-electron chi connectivity index (χ3n) is 0.977. The van der Waals surface area contributed by atoms with Gasteiger partial charge in [-0.05, 0) is 13.8 Å². The molecule has 1 amide bonds. The lowest BCUT2D eigenvalue weighted by Gasteiger charge is -2.17. The van der Waals surface area contributed by atoms with E-state index in [2.05, 4.69) is 5.43 Å². The molecule has 0 unspecified atom stereocenters. The molecular weight excluding hydrogens is 106 g/mol. The van der Waals surface area contributed by atoms with Crippen LogP contribution in [-0.2, 0) is 4.79 Å². The molecular formula is C4H11N3O. The van der Waals surface area contributed by atoms with Crippen molar-refractivity contribution in [3.8, 4) is 0 Å². The van der Waals surface area contributed by atoms with E-state index in [1.165, 1.54) is 0 Å². The molecule has 0 aliphatic carbocycles. The number of amides is 1. The second-order valence-electron chi connectivity index (χ2n) is 2.13. The van der Waals surface area contributed by atoms with Crippen LogP contribution < -0.4 is 17.0 Å². The van der Waals surface area contributed by atoms with Crippen molar-refractivity contribution in [2.75, 3.05) is 0 Å². The van der Waals surface area contributed by atoms with Gasteiger partial charge in [-0.2, -0.15) is 0 Å². The van der Waals surface area contributed by atoms with E-state index in [0.717, 1.165) is 0 Å². The molecule has 0 radical (unpaired) electrons. The van der Waals surface area contributed by atoms with E-state index in [9.17, 15) is 4.79 Å². The van der Waals surface area contributed by atoms with Crippen LogP contribution in [0.5, 0.6) is 0 Å². The van der Waals surface area contributed by atoms with E-state index < -0.39 is 11.4 Å². The average molecular weight is 117 g/mol. The molecule has 0 saturated carbocycles. The first kappa shape index (κ1) is 7.39. The van der Waals surface area contributed by atoms with Crippen molar-refractivity contribution < 1.29 is 4.79 Å². The Bertz CT molecular complexity index is 99.5. The van der Waals surface area contributed by atoms with Crippen LogP contribution in [0, 0.1) is 0 Å². The molecule has 0 spiro atoms. The van der Waals surface area contributed by atoms with Crippen LogP contribution in [0.25, 0.3) is 0 Å².